The molecular formula is C13H14N2O. The second-order valence-electron chi connectivity index (χ2n) is 4.53. The SMILES string of the molecule is NC(=O)C1CCCC2C1=Nc1ccccc12. The van der Waals surface area contributed by atoms with Crippen molar-refractivity contribution in [2.45, 2.75) is 25.2 Å². The molecule has 1 aromatic carbocycles. The van der Waals surface area contributed by atoms with Gasteiger partial charge in [-0.1, -0.05) is 24.6 Å². The first-order valence-electron chi connectivity index (χ1n) is 5.74. The number of rotatable bonds is 1. The summed E-state index contributed by atoms with van der Waals surface area (Å²) in [5, 5.41) is 0. The van der Waals surface area contributed by atoms with Crippen molar-refractivity contribution in [3.8, 4) is 0 Å². The van der Waals surface area contributed by atoms with Crippen LogP contribution in [0, 0.1) is 5.92 Å². The highest BCUT2D eigenvalue weighted by Crippen LogP contribution is 2.43. The minimum atomic E-state index is -0.226. The Hall–Kier alpha value is -1.64. The number of carbonyl (C=O) groups excluding carboxylic acids is 1. The van der Waals surface area contributed by atoms with Gasteiger partial charge in [0.25, 0.3) is 0 Å². The third kappa shape index (κ3) is 1.28. The number of benzene rings is 1. The van der Waals surface area contributed by atoms with Gasteiger partial charge < -0.3 is 5.73 Å². The maximum absolute atomic E-state index is 11.4. The standard InChI is InChI=1S/C13H14N2O/c14-13(16)10-6-3-5-9-8-4-1-2-7-11(8)15-12(9)10/h1-2,4,7,9-10H,3,5-6H2,(H2,14,16). The maximum Gasteiger partial charge on any atom is 0.226 e. The molecule has 0 spiro atoms. The highest BCUT2D eigenvalue weighted by molar-refractivity contribution is 6.10. The van der Waals surface area contributed by atoms with Crippen molar-refractivity contribution < 1.29 is 4.79 Å². The number of fused-ring (bicyclic) bond motifs is 3. The minimum Gasteiger partial charge on any atom is -0.369 e. The molecule has 1 heterocycles. The molecule has 1 saturated carbocycles. The minimum absolute atomic E-state index is 0.147. The van der Waals surface area contributed by atoms with E-state index in [1.54, 1.807) is 0 Å². The first kappa shape index (κ1) is 9.58. The van der Waals surface area contributed by atoms with Crippen molar-refractivity contribution in [3.05, 3.63) is 29.8 Å². The van der Waals surface area contributed by atoms with Crippen LogP contribution in [-0.4, -0.2) is 11.6 Å². The number of nitrogens with zero attached hydrogens (tertiary/aromatic N) is 1. The van der Waals surface area contributed by atoms with Crippen LogP contribution >= 0.6 is 0 Å². The van der Waals surface area contributed by atoms with Gasteiger partial charge >= 0.3 is 0 Å². The van der Waals surface area contributed by atoms with Gasteiger partial charge in [0.15, 0.2) is 0 Å². The lowest BCUT2D eigenvalue weighted by Gasteiger charge is -2.25. The number of carbonyl (C=O) groups is 1. The van der Waals surface area contributed by atoms with Crippen molar-refractivity contribution in [2.24, 2.45) is 16.6 Å². The summed E-state index contributed by atoms with van der Waals surface area (Å²) in [4.78, 5) is 16.0. The van der Waals surface area contributed by atoms with E-state index in [0.29, 0.717) is 5.92 Å². The number of hydrogen-bond acceptors (Lipinski definition) is 2. The molecule has 2 N–H and O–H groups in total. The van der Waals surface area contributed by atoms with Crippen molar-refractivity contribution in [1.29, 1.82) is 0 Å². The van der Waals surface area contributed by atoms with Crippen LogP contribution in [0.5, 0.6) is 0 Å². The van der Waals surface area contributed by atoms with Crippen LogP contribution in [0.3, 0.4) is 0 Å². The summed E-state index contributed by atoms with van der Waals surface area (Å²) >= 11 is 0. The van der Waals surface area contributed by atoms with E-state index in [4.69, 9.17) is 5.73 Å². The van der Waals surface area contributed by atoms with E-state index in [1.165, 1.54) is 5.56 Å². The van der Waals surface area contributed by atoms with E-state index in [9.17, 15) is 4.79 Å². The van der Waals surface area contributed by atoms with Crippen LogP contribution in [-0.2, 0) is 4.79 Å². The molecular weight excluding hydrogens is 200 g/mol. The van der Waals surface area contributed by atoms with Crippen LogP contribution in [0.25, 0.3) is 0 Å². The number of hydrogen-bond donors (Lipinski definition) is 1. The summed E-state index contributed by atoms with van der Waals surface area (Å²) < 4.78 is 0. The quantitative estimate of drug-likeness (QED) is 0.765. The third-order valence-corrected chi connectivity index (χ3v) is 3.60. The maximum atomic E-state index is 11.4. The number of primary amides is 1. The van der Waals surface area contributed by atoms with Crippen LogP contribution in [0.2, 0.25) is 0 Å². The molecule has 0 bridgehead atoms. The lowest BCUT2D eigenvalue weighted by molar-refractivity contribution is -0.120. The summed E-state index contributed by atoms with van der Waals surface area (Å²) in [6, 6.07) is 8.14. The Labute approximate surface area is 94.4 Å². The second kappa shape index (κ2) is 3.44. The number of nitrogens with two attached hydrogens (primary N) is 1. The topological polar surface area (TPSA) is 55.5 Å². The van der Waals surface area contributed by atoms with Gasteiger partial charge in [0.05, 0.1) is 11.6 Å². The van der Waals surface area contributed by atoms with E-state index < -0.39 is 0 Å². The molecule has 1 aliphatic carbocycles. The molecule has 0 radical (unpaired) electrons. The molecule has 1 amide bonds. The van der Waals surface area contributed by atoms with Gasteiger partial charge in [0.2, 0.25) is 5.91 Å². The smallest absolute Gasteiger partial charge is 0.226 e. The fourth-order valence-electron chi connectivity index (χ4n) is 2.85. The zero-order valence-electron chi connectivity index (χ0n) is 9.02. The zero-order chi connectivity index (χ0) is 11.1. The van der Waals surface area contributed by atoms with Gasteiger partial charge in [0, 0.05) is 11.6 Å². The fraction of sp³-hybridized carbons (Fsp3) is 0.385. The van der Waals surface area contributed by atoms with Crippen molar-refractivity contribution >= 4 is 17.3 Å². The molecule has 16 heavy (non-hydrogen) atoms. The highest BCUT2D eigenvalue weighted by atomic mass is 16.1. The average Bonchev–Trinajstić information content (AvgIpc) is 2.67. The Balaban J connectivity index is 2.05. The first-order valence-corrected chi connectivity index (χ1v) is 5.74. The molecule has 2 atom stereocenters. The normalized spacial score (nSPS) is 26.9. The Morgan fingerprint density at radius 3 is 2.94 bits per heavy atom. The largest absolute Gasteiger partial charge is 0.369 e. The number of aliphatic imine (C=N–C) groups is 1. The van der Waals surface area contributed by atoms with Gasteiger partial charge in [-0.25, -0.2) is 0 Å². The summed E-state index contributed by atoms with van der Waals surface area (Å²) in [5.74, 6) is -0.0372. The molecule has 3 heteroatoms. The Morgan fingerprint density at radius 1 is 1.31 bits per heavy atom. The number of amides is 1. The molecule has 3 nitrogen and oxygen atoms in total. The molecule has 2 unspecified atom stereocenters. The third-order valence-electron chi connectivity index (χ3n) is 3.60. The zero-order valence-corrected chi connectivity index (χ0v) is 9.02. The molecule has 1 fully saturated rings. The lowest BCUT2D eigenvalue weighted by Crippen LogP contribution is -2.35. The van der Waals surface area contributed by atoms with Crippen molar-refractivity contribution in [1.82, 2.24) is 0 Å². The summed E-state index contributed by atoms with van der Waals surface area (Å²) in [7, 11) is 0. The second-order valence-corrected chi connectivity index (χ2v) is 4.53. The highest BCUT2D eigenvalue weighted by Gasteiger charge is 2.37. The Morgan fingerprint density at radius 2 is 2.12 bits per heavy atom. The predicted octanol–water partition coefficient (Wildman–Crippen LogP) is 2.14. The van der Waals surface area contributed by atoms with E-state index in [0.717, 1.165) is 30.7 Å². The van der Waals surface area contributed by atoms with Crippen LogP contribution in [0.4, 0.5) is 5.69 Å². The van der Waals surface area contributed by atoms with E-state index in [-0.39, 0.29) is 11.8 Å². The number of para-hydroxylation sites is 1. The van der Waals surface area contributed by atoms with E-state index in [1.807, 2.05) is 18.2 Å². The predicted molar refractivity (Wildman–Crippen MR) is 62.8 cm³/mol. The molecule has 0 saturated heterocycles. The Kier molecular flexibility index (Phi) is 2.06. The summed E-state index contributed by atoms with van der Waals surface area (Å²) in [6.45, 7) is 0. The summed E-state index contributed by atoms with van der Waals surface area (Å²) in [6.07, 6.45) is 3.02. The fourth-order valence-corrected chi connectivity index (χ4v) is 2.85. The van der Waals surface area contributed by atoms with Gasteiger partial charge in [-0.3, -0.25) is 9.79 Å². The monoisotopic (exact) mass is 214 g/mol. The van der Waals surface area contributed by atoms with Crippen LogP contribution < -0.4 is 5.73 Å². The van der Waals surface area contributed by atoms with E-state index in [2.05, 4.69) is 11.1 Å². The lowest BCUT2D eigenvalue weighted by atomic mass is 9.77. The molecule has 0 aromatic heterocycles. The van der Waals surface area contributed by atoms with E-state index >= 15 is 0 Å². The average molecular weight is 214 g/mol. The molecule has 82 valence electrons. The Bertz CT molecular complexity index is 479. The first-order chi connectivity index (χ1) is 7.77. The van der Waals surface area contributed by atoms with Crippen LogP contribution in [0.15, 0.2) is 29.3 Å². The molecule has 1 aromatic rings. The molecule has 3 rings (SSSR count). The molecule has 2 aliphatic rings. The van der Waals surface area contributed by atoms with Crippen molar-refractivity contribution in [2.75, 3.05) is 0 Å². The van der Waals surface area contributed by atoms with Gasteiger partial charge in [0.1, 0.15) is 0 Å². The van der Waals surface area contributed by atoms with Gasteiger partial charge in [-0.15, -0.1) is 0 Å². The van der Waals surface area contributed by atoms with Gasteiger partial charge in [-0.2, -0.15) is 0 Å². The van der Waals surface area contributed by atoms with Gasteiger partial charge in [-0.05, 0) is 24.5 Å². The summed E-state index contributed by atoms with van der Waals surface area (Å²) in [5.41, 5.74) is 8.73. The van der Waals surface area contributed by atoms with Crippen LogP contribution in [0.1, 0.15) is 30.7 Å². The molecule has 1 aliphatic heterocycles. The van der Waals surface area contributed by atoms with Crippen molar-refractivity contribution in [3.63, 3.8) is 0 Å².